The van der Waals surface area contributed by atoms with Gasteiger partial charge in [0, 0.05) is 13.2 Å². The van der Waals surface area contributed by atoms with E-state index in [-0.39, 0.29) is 18.0 Å². The lowest BCUT2D eigenvalue weighted by Gasteiger charge is -2.21. The van der Waals surface area contributed by atoms with Crippen LogP contribution in [0.1, 0.15) is 25.8 Å². The first-order valence-corrected chi connectivity index (χ1v) is 6.69. The van der Waals surface area contributed by atoms with E-state index in [2.05, 4.69) is 5.32 Å². The average molecular weight is 269 g/mol. The Morgan fingerprint density at radius 1 is 1.32 bits per heavy atom. The van der Waals surface area contributed by atoms with Crippen LogP contribution in [0.3, 0.4) is 0 Å². The molecule has 0 saturated heterocycles. The van der Waals surface area contributed by atoms with Gasteiger partial charge >= 0.3 is 0 Å². The Bertz CT molecular complexity index is 384. The van der Waals surface area contributed by atoms with Crippen LogP contribution >= 0.6 is 0 Å². The molecule has 0 spiro atoms. The molecule has 108 valence electrons. The van der Waals surface area contributed by atoms with Crippen LogP contribution in [-0.4, -0.2) is 32.9 Å². The van der Waals surface area contributed by atoms with Crippen molar-refractivity contribution < 1.29 is 13.9 Å². The Kier molecular flexibility index (Phi) is 6.81. The van der Waals surface area contributed by atoms with Gasteiger partial charge in [-0.2, -0.15) is 0 Å². The minimum Gasteiger partial charge on any atom is -0.494 e. The van der Waals surface area contributed by atoms with Crippen molar-refractivity contribution in [3.05, 3.63) is 29.6 Å². The van der Waals surface area contributed by atoms with E-state index in [1.165, 1.54) is 7.11 Å². The van der Waals surface area contributed by atoms with Gasteiger partial charge in [0.25, 0.3) is 0 Å². The molecule has 0 aliphatic heterocycles. The highest BCUT2D eigenvalue weighted by Gasteiger charge is 2.16. The van der Waals surface area contributed by atoms with E-state index in [1.54, 1.807) is 19.2 Å². The van der Waals surface area contributed by atoms with Gasteiger partial charge in [0.1, 0.15) is 0 Å². The number of methoxy groups -OCH3 is 2. The van der Waals surface area contributed by atoms with Gasteiger partial charge in [-0.25, -0.2) is 4.39 Å². The lowest BCUT2D eigenvalue weighted by atomic mass is 10.00. The number of benzene rings is 1. The van der Waals surface area contributed by atoms with Crippen LogP contribution in [-0.2, 0) is 11.2 Å². The van der Waals surface area contributed by atoms with Crippen molar-refractivity contribution in [2.24, 2.45) is 0 Å². The fourth-order valence-corrected chi connectivity index (χ4v) is 2.16. The topological polar surface area (TPSA) is 30.5 Å². The second-order valence-corrected chi connectivity index (χ2v) is 4.67. The lowest BCUT2D eigenvalue weighted by Crippen LogP contribution is -2.34. The molecule has 0 amide bonds. The van der Waals surface area contributed by atoms with Gasteiger partial charge in [-0.15, -0.1) is 0 Å². The zero-order chi connectivity index (χ0) is 14.3. The van der Waals surface area contributed by atoms with Gasteiger partial charge in [-0.3, -0.25) is 0 Å². The van der Waals surface area contributed by atoms with E-state index in [4.69, 9.17) is 9.47 Å². The second kappa shape index (κ2) is 8.12. The Morgan fingerprint density at radius 2 is 2.05 bits per heavy atom. The molecule has 1 aromatic carbocycles. The zero-order valence-electron chi connectivity index (χ0n) is 12.2. The van der Waals surface area contributed by atoms with E-state index >= 15 is 0 Å². The monoisotopic (exact) mass is 269 g/mol. The molecule has 0 fully saturated rings. The Morgan fingerprint density at radius 3 is 2.63 bits per heavy atom. The fraction of sp³-hybridized carbons (Fsp3) is 0.600. The van der Waals surface area contributed by atoms with Crippen molar-refractivity contribution in [2.45, 2.75) is 38.8 Å². The van der Waals surface area contributed by atoms with Gasteiger partial charge in [-0.1, -0.05) is 19.1 Å². The summed E-state index contributed by atoms with van der Waals surface area (Å²) in [5.74, 6) is 0.0329. The second-order valence-electron chi connectivity index (χ2n) is 4.67. The minimum absolute atomic E-state index is 0.151. The molecule has 1 aromatic rings. The quantitative estimate of drug-likeness (QED) is 0.787. The number of halogens is 1. The molecule has 0 aromatic heterocycles. The SMILES string of the molecule is CCNC(Cc1cccc(OC)c1F)CC(C)OC. The molecule has 1 rings (SSSR count). The van der Waals surface area contributed by atoms with Gasteiger partial charge in [-0.05, 0) is 37.9 Å². The summed E-state index contributed by atoms with van der Waals surface area (Å²) in [7, 11) is 3.18. The van der Waals surface area contributed by atoms with E-state index in [0.29, 0.717) is 17.7 Å². The summed E-state index contributed by atoms with van der Waals surface area (Å²) in [6.45, 7) is 4.92. The summed E-state index contributed by atoms with van der Waals surface area (Å²) >= 11 is 0. The van der Waals surface area contributed by atoms with E-state index in [1.807, 2.05) is 19.9 Å². The van der Waals surface area contributed by atoms with E-state index in [9.17, 15) is 4.39 Å². The molecule has 4 heteroatoms. The molecule has 3 nitrogen and oxygen atoms in total. The maximum atomic E-state index is 14.1. The Balaban J connectivity index is 2.78. The van der Waals surface area contributed by atoms with Crippen molar-refractivity contribution >= 4 is 0 Å². The van der Waals surface area contributed by atoms with Gasteiger partial charge < -0.3 is 14.8 Å². The molecule has 0 saturated carbocycles. The highest BCUT2D eigenvalue weighted by atomic mass is 19.1. The molecule has 0 aliphatic carbocycles. The number of rotatable bonds is 8. The van der Waals surface area contributed by atoms with Crippen molar-refractivity contribution in [2.75, 3.05) is 20.8 Å². The maximum absolute atomic E-state index is 14.1. The molecule has 2 unspecified atom stereocenters. The molecule has 0 heterocycles. The van der Waals surface area contributed by atoms with E-state index < -0.39 is 0 Å². The van der Waals surface area contributed by atoms with Crippen LogP contribution in [0.4, 0.5) is 4.39 Å². The summed E-state index contributed by atoms with van der Waals surface area (Å²) in [5.41, 5.74) is 0.675. The number of hydrogen-bond donors (Lipinski definition) is 1. The highest BCUT2D eigenvalue weighted by molar-refractivity contribution is 5.31. The largest absolute Gasteiger partial charge is 0.494 e. The van der Waals surface area contributed by atoms with Crippen LogP contribution in [0.5, 0.6) is 5.75 Å². The average Bonchev–Trinajstić information content (AvgIpc) is 2.41. The van der Waals surface area contributed by atoms with Gasteiger partial charge in [0.15, 0.2) is 11.6 Å². The van der Waals surface area contributed by atoms with Crippen molar-refractivity contribution in [3.8, 4) is 5.75 Å². The number of nitrogens with one attached hydrogen (secondary N) is 1. The Hall–Kier alpha value is -1.13. The van der Waals surface area contributed by atoms with Crippen LogP contribution < -0.4 is 10.1 Å². The lowest BCUT2D eigenvalue weighted by molar-refractivity contribution is 0.100. The third-order valence-corrected chi connectivity index (χ3v) is 3.24. The first kappa shape index (κ1) is 15.9. The van der Waals surface area contributed by atoms with Crippen molar-refractivity contribution in [1.82, 2.24) is 5.32 Å². The summed E-state index contributed by atoms with van der Waals surface area (Å²) in [6, 6.07) is 5.46. The molecule has 2 atom stereocenters. The van der Waals surface area contributed by atoms with Crippen LogP contribution in [0.25, 0.3) is 0 Å². The standard InChI is InChI=1S/C15H24FNO2/c1-5-17-13(9-11(2)18-3)10-12-7-6-8-14(19-4)15(12)16/h6-8,11,13,17H,5,9-10H2,1-4H3. The zero-order valence-corrected chi connectivity index (χ0v) is 12.2. The molecule has 0 radical (unpaired) electrons. The van der Waals surface area contributed by atoms with Crippen LogP contribution in [0.2, 0.25) is 0 Å². The molecular weight excluding hydrogens is 245 g/mol. The first-order valence-electron chi connectivity index (χ1n) is 6.69. The third kappa shape index (κ3) is 4.80. The molecular formula is C15H24FNO2. The van der Waals surface area contributed by atoms with Gasteiger partial charge in [0.05, 0.1) is 13.2 Å². The summed E-state index contributed by atoms with van der Waals surface area (Å²) in [6.07, 6.45) is 1.63. The van der Waals surface area contributed by atoms with E-state index in [0.717, 1.165) is 13.0 Å². The van der Waals surface area contributed by atoms with Crippen molar-refractivity contribution in [1.29, 1.82) is 0 Å². The summed E-state index contributed by atoms with van der Waals surface area (Å²) in [4.78, 5) is 0. The molecule has 19 heavy (non-hydrogen) atoms. The van der Waals surface area contributed by atoms with Crippen LogP contribution in [0.15, 0.2) is 18.2 Å². The normalized spacial score (nSPS) is 14.2. The van der Waals surface area contributed by atoms with Gasteiger partial charge in [0.2, 0.25) is 0 Å². The smallest absolute Gasteiger partial charge is 0.168 e. The predicted octanol–water partition coefficient (Wildman–Crippen LogP) is 2.78. The fourth-order valence-electron chi connectivity index (χ4n) is 2.16. The highest BCUT2D eigenvalue weighted by Crippen LogP contribution is 2.22. The number of ether oxygens (including phenoxy) is 2. The number of likely N-dealkylation sites (N-methyl/N-ethyl adjacent to an activating group) is 1. The van der Waals surface area contributed by atoms with Crippen molar-refractivity contribution in [3.63, 3.8) is 0 Å². The first-order chi connectivity index (χ1) is 9.12. The Labute approximate surface area is 115 Å². The maximum Gasteiger partial charge on any atom is 0.168 e. The summed E-state index contributed by atoms with van der Waals surface area (Å²) in [5, 5.41) is 3.37. The third-order valence-electron chi connectivity index (χ3n) is 3.24. The summed E-state index contributed by atoms with van der Waals surface area (Å²) < 4.78 is 24.4. The molecule has 0 aliphatic rings. The molecule has 1 N–H and O–H groups in total. The predicted molar refractivity (Wildman–Crippen MR) is 75.2 cm³/mol. The minimum atomic E-state index is -0.266. The molecule has 0 bridgehead atoms. The number of hydrogen-bond acceptors (Lipinski definition) is 3. The van der Waals surface area contributed by atoms with Crippen LogP contribution in [0, 0.1) is 5.82 Å².